The van der Waals surface area contributed by atoms with Crippen LogP contribution in [0.2, 0.25) is 0 Å². The summed E-state index contributed by atoms with van der Waals surface area (Å²) in [5, 5.41) is 2.57. The standard InChI is InChI=1S/C8H10BNO.2H2O/c1-10-8(11)6-3-2-4-7(9)5-6;;/h2-5H,9H2,1H3,(H,10,11);2*1H2. The van der Waals surface area contributed by atoms with Gasteiger partial charge in [-0.05, 0) is 6.07 Å². The zero-order valence-corrected chi connectivity index (χ0v) is 7.72. The van der Waals surface area contributed by atoms with E-state index in [1.165, 1.54) is 0 Å². The summed E-state index contributed by atoms with van der Waals surface area (Å²) in [6, 6.07) is 7.50. The Morgan fingerprint density at radius 1 is 1.38 bits per heavy atom. The Morgan fingerprint density at radius 3 is 2.46 bits per heavy atom. The van der Waals surface area contributed by atoms with Crippen molar-refractivity contribution in [3.63, 3.8) is 0 Å². The van der Waals surface area contributed by atoms with Gasteiger partial charge < -0.3 is 16.3 Å². The van der Waals surface area contributed by atoms with Crippen molar-refractivity contribution in [3.8, 4) is 0 Å². The molecule has 1 amide bonds. The zero-order chi connectivity index (χ0) is 8.27. The highest BCUT2D eigenvalue weighted by molar-refractivity contribution is 6.32. The fourth-order valence-electron chi connectivity index (χ4n) is 0.931. The predicted octanol–water partition coefficient (Wildman–Crippen LogP) is -2.34. The number of rotatable bonds is 1. The fraction of sp³-hybridized carbons (Fsp3) is 0.125. The number of hydrogen-bond acceptors (Lipinski definition) is 1. The Morgan fingerprint density at radius 2 is 2.00 bits per heavy atom. The SMILES string of the molecule is Bc1cccc(C(=O)NC)c1.O.O. The second kappa shape index (κ2) is 6.22. The number of amides is 1. The van der Waals surface area contributed by atoms with E-state index < -0.39 is 0 Å². The van der Waals surface area contributed by atoms with Crippen LogP contribution < -0.4 is 10.8 Å². The Labute approximate surface area is 78.0 Å². The number of benzene rings is 1. The minimum absolute atomic E-state index is 0. The molecule has 0 atom stereocenters. The molecule has 1 aromatic rings. The second-order valence-electron chi connectivity index (χ2n) is 2.45. The number of carbonyl (C=O) groups is 1. The molecule has 0 aliphatic heterocycles. The van der Waals surface area contributed by atoms with Crippen LogP contribution in [-0.4, -0.2) is 31.8 Å². The summed E-state index contributed by atoms with van der Waals surface area (Å²) in [7, 11) is 3.59. The summed E-state index contributed by atoms with van der Waals surface area (Å²) in [5.41, 5.74) is 1.82. The summed E-state index contributed by atoms with van der Waals surface area (Å²) < 4.78 is 0. The van der Waals surface area contributed by atoms with Gasteiger partial charge in [-0.25, -0.2) is 0 Å². The average molecular weight is 183 g/mol. The van der Waals surface area contributed by atoms with E-state index in [1.807, 2.05) is 26.0 Å². The molecule has 5 N–H and O–H groups in total. The molecule has 0 saturated carbocycles. The molecule has 0 heterocycles. The summed E-state index contributed by atoms with van der Waals surface area (Å²) in [6.45, 7) is 0. The summed E-state index contributed by atoms with van der Waals surface area (Å²) in [6.07, 6.45) is 0. The van der Waals surface area contributed by atoms with Gasteiger partial charge in [0.05, 0.1) is 0 Å². The van der Waals surface area contributed by atoms with E-state index in [0.29, 0.717) is 5.56 Å². The molecule has 0 aromatic heterocycles. The lowest BCUT2D eigenvalue weighted by Crippen LogP contribution is -2.19. The number of nitrogens with one attached hydrogen (secondary N) is 1. The van der Waals surface area contributed by atoms with Gasteiger partial charge in [0.25, 0.3) is 5.91 Å². The van der Waals surface area contributed by atoms with Gasteiger partial charge in [0.1, 0.15) is 7.85 Å². The molecule has 0 spiro atoms. The van der Waals surface area contributed by atoms with E-state index in [-0.39, 0.29) is 16.9 Å². The van der Waals surface area contributed by atoms with Crippen molar-refractivity contribution in [3.05, 3.63) is 29.8 Å². The normalized spacial score (nSPS) is 7.77. The molecule has 0 aliphatic carbocycles. The molecule has 0 aliphatic rings. The van der Waals surface area contributed by atoms with Crippen molar-refractivity contribution < 1.29 is 15.7 Å². The van der Waals surface area contributed by atoms with Crippen LogP contribution in [0, 0.1) is 0 Å². The van der Waals surface area contributed by atoms with Crippen molar-refractivity contribution in [1.29, 1.82) is 0 Å². The maximum Gasteiger partial charge on any atom is 0.250 e. The molecule has 0 bridgehead atoms. The van der Waals surface area contributed by atoms with Crippen LogP contribution in [0.3, 0.4) is 0 Å². The molecule has 0 fully saturated rings. The molecule has 4 nitrogen and oxygen atoms in total. The monoisotopic (exact) mass is 183 g/mol. The molecule has 5 heteroatoms. The molecule has 72 valence electrons. The smallest absolute Gasteiger partial charge is 0.250 e. The third kappa shape index (κ3) is 3.73. The number of carbonyl (C=O) groups excluding carboxylic acids is 1. The Kier molecular flexibility index (Phi) is 6.80. The zero-order valence-electron chi connectivity index (χ0n) is 7.72. The van der Waals surface area contributed by atoms with Gasteiger partial charge in [-0.3, -0.25) is 4.79 Å². The largest absolute Gasteiger partial charge is 0.412 e. The average Bonchev–Trinajstić information content (AvgIpc) is 2.03. The van der Waals surface area contributed by atoms with Crippen LogP contribution in [-0.2, 0) is 0 Å². The van der Waals surface area contributed by atoms with Crippen molar-refractivity contribution >= 4 is 19.2 Å². The Balaban J connectivity index is 0. The van der Waals surface area contributed by atoms with Gasteiger partial charge in [-0.1, -0.05) is 23.7 Å². The van der Waals surface area contributed by atoms with Gasteiger partial charge in [-0.2, -0.15) is 0 Å². The van der Waals surface area contributed by atoms with E-state index in [1.54, 1.807) is 13.1 Å². The Bertz CT molecular complexity index is 278. The Hall–Kier alpha value is -1.33. The first-order chi connectivity index (χ1) is 5.24. The van der Waals surface area contributed by atoms with Crippen LogP contribution in [0.1, 0.15) is 10.4 Å². The maximum absolute atomic E-state index is 11.1. The van der Waals surface area contributed by atoms with Gasteiger partial charge >= 0.3 is 0 Å². The second-order valence-corrected chi connectivity index (χ2v) is 2.45. The maximum atomic E-state index is 11.1. The third-order valence-electron chi connectivity index (χ3n) is 1.51. The first kappa shape index (κ1) is 14.2. The van der Waals surface area contributed by atoms with Crippen LogP contribution in [0.4, 0.5) is 0 Å². The highest BCUT2D eigenvalue weighted by Crippen LogP contribution is 1.94. The lowest BCUT2D eigenvalue weighted by atomic mass is 9.94. The molecule has 0 saturated heterocycles. The molecule has 1 rings (SSSR count). The van der Waals surface area contributed by atoms with Crippen LogP contribution in [0.25, 0.3) is 0 Å². The van der Waals surface area contributed by atoms with E-state index in [2.05, 4.69) is 5.32 Å². The van der Waals surface area contributed by atoms with Crippen LogP contribution in [0.5, 0.6) is 0 Å². The number of hydrogen-bond donors (Lipinski definition) is 1. The topological polar surface area (TPSA) is 92.1 Å². The third-order valence-corrected chi connectivity index (χ3v) is 1.51. The van der Waals surface area contributed by atoms with Gasteiger partial charge in [0.2, 0.25) is 0 Å². The first-order valence-corrected chi connectivity index (χ1v) is 3.53. The minimum Gasteiger partial charge on any atom is -0.412 e. The van der Waals surface area contributed by atoms with Crippen molar-refractivity contribution in [2.75, 3.05) is 7.05 Å². The molecule has 0 radical (unpaired) electrons. The van der Waals surface area contributed by atoms with Gasteiger partial charge in [0.15, 0.2) is 0 Å². The highest BCUT2D eigenvalue weighted by Gasteiger charge is 2.00. The lowest BCUT2D eigenvalue weighted by Gasteiger charge is -1.99. The van der Waals surface area contributed by atoms with E-state index in [0.717, 1.165) is 5.46 Å². The van der Waals surface area contributed by atoms with E-state index in [4.69, 9.17) is 0 Å². The van der Waals surface area contributed by atoms with Crippen molar-refractivity contribution in [1.82, 2.24) is 5.32 Å². The molecular formula is C8H14BNO3. The van der Waals surface area contributed by atoms with Crippen molar-refractivity contribution in [2.45, 2.75) is 0 Å². The fourth-order valence-corrected chi connectivity index (χ4v) is 0.931. The molecule has 13 heavy (non-hydrogen) atoms. The first-order valence-electron chi connectivity index (χ1n) is 3.53. The predicted molar refractivity (Wildman–Crippen MR) is 55.2 cm³/mol. The van der Waals surface area contributed by atoms with Crippen LogP contribution in [0.15, 0.2) is 24.3 Å². The summed E-state index contributed by atoms with van der Waals surface area (Å²) >= 11 is 0. The highest BCUT2D eigenvalue weighted by atomic mass is 16.1. The summed E-state index contributed by atoms with van der Waals surface area (Å²) in [4.78, 5) is 11.1. The molecule has 0 unspecified atom stereocenters. The quantitative estimate of drug-likeness (QED) is 0.485. The molecular weight excluding hydrogens is 169 g/mol. The molecule has 1 aromatic carbocycles. The van der Waals surface area contributed by atoms with E-state index >= 15 is 0 Å². The lowest BCUT2D eigenvalue weighted by molar-refractivity contribution is 0.0963. The van der Waals surface area contributed by atoms with Gasteiger partial charge in [0, 0.05) is 12.6 Å². The van der Waals surface area contributed by atoms with Gasteiger partial charge in [-0.15, -0.1) is 0 Å². The van der Waals surface area contributed by atoms with Crippen LogP contribution >= 0.6 is 0 Å². The minimum atomic E-state index is -0.0336. The van der Waals surface area contributed by atoms with E-state index in [9.17, 15) is 4.79 Å². The summed E-state index contributed by atoms with van der Waals surface area (Å²) in [5.74, 6) is -0.0336. The van der Waals surface area contributed by atoms with Crippen molar-refractivity contribution in [2.24, 2.45) is 0 Å².